The van der Waals surface area contributed by atoms with Crippen molar-refractivity contribution in [3.05, 3.63) is 57.3 Å². The van der Waals surface area contributed by atoms with E-state index in [1.165, 1.54) is 22.5 Å². The van der Waals surface area contributed by atoms with E-state index in [4.69, 9.17) is 5.11 Å². The number of carboxylic acids is 1. The first-order valence-corrected chi connectivity index (χ1v) is 6.92. The van der Waals surface area contributed by atoms with Crippen LogP contribution in [0.25, 0.3) is 0 Å². The highest BCUT2D eigenvalue weighted by Crippen LogP contribution is 2.18. The van der Waals surface area contributed by atoms with Crippen LogP contribution < -0.4 is 0 Å². The average Bonchev–Trinajstić information content (AvgIpc) is 2.80. The zero-order valence-corrected chi connectivity index (χ0v) is 11.9. The third-order valence-electron chi connectivity index (χ3n) is 2.87. The van der Waals surface area contributed by atoms with Crippen molar-refractivity contribution < 1.29 is 9.90 Å². The maximum absolute atomic E-state index is 10.8. The second-order valence-electron chi connectivity index (χ2n) is 4.73. The number of thiophene rings is 1. The molecule has 2 aromatic rings. The van der Waals surface area contributed by atoms with Crippen molar-refractivity contribution in [1.29, 1.82) is 0 Å². The summed E-state index contributed by atoms with van der Waals surface area (Å²) in [6, 6.07) is 12.0. The molecule has 0 fully saturated rings. The Kier molecular flexibility index (Phi) is 4.35. The SMILES string of the molecule is Cc1ccc(CN(C)Cc2ccc(C(=O)O)s2)cc1. The van der Waals surface area contributed by atoms with Crippen molar-refractivity contribution in [2.75, 3.05) is 7.05 Å². The van der Waals surface area contributed by atoms with Crippen LogP contribution in [0.1, 0.15) is 25.7 Å². The topological polar surface area (TPSA) is 40.5 Å². The molecule has 1 N–H and O–H groups in total. The largest absolute Gasteiger partial charge is 0.477 e. The van der Waals surface area contributed by atoms with Crippen LogP contribution in [0, 0.1) is 6.92 Å². The molecule has 0 aliphatic rings. The molecule has 4 heteroatoms. The van der Waals surface area contributed by atoms with E-state index < -0.39 is 5.97 Å². The second-order valence-corrected chi connectivity index (χ2v) is 5.90. The minimum absolute atomic E-state index is 0.402. The Labute approximate surface area is 117 Å². The summed E-state index contributed by atoms with van der Waals surface area (Å²) < 4.78 is 0. The van der Waals surface area contributed by atoms with Gasteiger partial charge in [0, 0.05) is 18.0 Å². The number of nitrogens with zero attached hydrogens (tertiary/aromatic N) is 1. The van der Waals surface area contributed by atoms with Gasteiger partial charge in [0.05, 0.1) is 0 Å². The van der Waals surface area contributed by atoms with Gasteiger partial charge in [-0.25, -0.2) is 4.79 Å². The first kappa shape index (κ1) is 13.8. The fourth-order valence-corrected chi connectivity index (χ4v) is 2.83. The number of aryl methyl sites for hydroxylation is 1. The molecule has 0 aliphatic heterocycles. The summed E-state index contributed by atoms with van der Waals surface area (Å²) in [4.78, 5) is 14.5. The van der Waals surface area contributed by atoms with E-state index in [0.717, 1.165) is 18.0 Å². The zero-order valence-electron chi connectivity index (χ0n) is 11.1. The Bertz CT molecular complexity index is 560. The van der Waals surface area contributed by atoms with Gasteiger partial charge in [0.1, 0.15) is 4.88 Å². The van der Waals surface area contributed by atoms with Crippen LogP contribution in [-0.2, 0) is 13.1 Å². The van der Waals surface area contributed by atoms with E-state index in [1.807, 2.05) is 13.1 Å². The smallest absolute Gasteiger partial charge is 0.345 e. The highest BCUT2D eigenvalue weighted by atomic mass is 32.1. The van der Waals surface area contributed by atoms with Gasteiger partial charge in [-0.15, -0.1) is 11.3 Å². The lowest BCUT2D eigenvalue weighted by atomic mass is 10.1. The Hall–Kier alpha value is -1.65. The van der Waals surface area contributed by atoms with Gasteiger partial charge >= 0.3 is 5.97 Å². The molecular weight excluding hydrogens is 258 g/mol. The average molecular weight is 275 g/mol. The van der Waals surface area contributed by atoms with E-state index in [2.05, 4.69) is 36.1 Å². The van der Waals surface area contributed by atoms with Crippen LogP contribution in [-0.4, -0.2) is 23.0 Å². The molecule has 3 nitrogen and oxygen atoms in total. The lowest BCUT2D eigenvalue weighted by Crippen LogP contribution is -2.16. The normalized spacial score (nSPS) is 10.9. The summed E-state index contributed by atoms with van der Waals surface area (Å²) in [5.41, 5.74) is 2.53. The van der Waals surface area contributed by atoms with E-state index in [0.29, 0.717) is 4.88 Å². The molecule has 2 rings (SSSR count). The summed E-state index contributed by atoms with van der Waals surface area (Å²) in [5.74, 6) is -0.850. The molecule has 0 amide bonds. The summed E-state index contributed by atoms with van der Waals surface area (Å²) in [5, 5.41) is 8.89. The van der Waals surface area contributed by atoms with E-state index in [9.17, 15) is 4.79 Å². The lowest BCUT2D eigenvalue weighted by Gasteiger charge is -2.15. The maximum Gasteiger partial charge on any atom is 0.345 e. The number of rotatable bonds is 5. The second kappa shape index (κ2) is 5.99. The molecule has 0 saturated carbocycles. The third-order valence-corrected chi connectivity index (χ3v) is 3.93. The minimum atomic E-state index is -0.850. The van der Waals surface area contributed by atoms with Crippen molar-refractivity contribution in [3.8, 4) is 0 Å². The fraction of sp³-hybridized carbons (Fsp3) is 0.267. The number of hydrogen-bond acceptors (Lipinski definition) is 3. The Morgan fingerprint density at radius 2 is 1.84 bits per heavy atom. The molecule has 1 heterocycles. The van der Waals surface area contributed by atoms with Crippen LogP contribution in [0.4, 0.5) is 0 Å². The predicted octanol–water partition coefficient (Wildman–Crippen LogP) is 3.39. The van der Waals surface area contributed by atoms with Crippen LogP contribution in [0.5, 0.6) is 0 Å². The maximum atomic E-state index is 10.8. The number of hydrogen-bond donors (Lipinski definition) is 1. The molecular formula is C15H17NO2S. The van der Waals surface area contributed by atoms with Crippen LogP contribution in [0.15, 0.2) is 36.4 Å². The number of carbonyl (C=O) groups is 1. The Balaban J connectivity index is 1.94. The van der Waals surface area contributed by atoms with Gasteiger partial charge in [-0.05, 0) is 31.7 Å². The van der Waals surface area contributed by atoms with Gasteiger partial charge in [-0.2, -0.15) is 0 Å². The van der Waals surface area contributed by atoms with Crippen LogP contribution in [0.2, 0.25) is 0 Å². The van der Waals surface area contributed by atoms with Gasteiger partial charge in [0.25, 0.3) is 0 Å². The van der Waals surface area contributed by atoms with E-state index >= 15 is 0 Å². The van der Waals surface area contributed by atoms with Crippen molar-refractivity contribution in [3.63, 3.8) is 0 Å². The molecule has 19 heavy (non-hydrogen) atoms. The van der Waals surface area contributed by atoms with Crippen molar-refractivity contribution >= 4 is 17.3 Å². The minimum Gasteiger partial charge on any atom is -0.477 e. The quantitative estimate of drug-likeness (QED) is 0.909. The zero-order chi connectivity index (χ0) is 13.8. The van der Waals surface area contributed by atoms with Crippen LogP contribution in [0.3, 0.4) is 0 Å². The number of aromatic carboxylic acids is 1. The highest BCUT2D eigenvalue weighted by Gasteiger charge is 2.08. The fourth-order valence-electron chi connectivity index (χ4n) is 1.90. The molecule has 0 radical (unpaired) electrons. The molecule has 1 aromatic heterocycles. The van der Waals surface area contributed by atoms with Gasteiger partial charge in [0.2, 0.25) is 0 Å². The monoisotopic (exact) mass is 275 g/mol. The third kappa shape index (κ3) is 3.91. The summed E-state index contributed by atoms with van der Waals surface area (Å²) >= 11 is 1.34. The molecule has 0 aliphatic carbocycles. The number of carboxylic acid groups (broad SMARTS) is 1. The molecule has 0 atom stereocenters. The molecule has 0 unspecified atom stereocenters. The van der Waals surface area contributed by atoms with Gasteiger partial charge in [0.15, 0.2) is 0 Å². The Morgan fingerprint density at radius 3 is 2.42 bits per heavy atom. The number of benzene rings is 1. The van der Waals surface area contributed by atoms with Gasteiger partial charge in [-0.3, -0.25) is 4.90 Å². The molecule has 100 valence electrons. The summed E-state index contributed by atoms with van der Waals surface area (Å²) in [6.45, 7) is 3.71. The highest BCUT2D eigenvalue weighted by molar-refractivity contribution is 7.13. The molecule has 0 bridgehead atoms. The first-order valence-electron chi connectivity index (χ1n) is 6.10. The molecule has 1 aromatic carbocycles. The van der Waals surface area contributed by atoms with E-state index in [1.54, 1.807) is 6.07 Å². The summed E-state index contributed by atoms with van der Waals surface area (Å²) in [7, 11) is 2.04. The standard InChI is InChI=1S/C15H17NO2S/c1-11-3-5-12(6-4-11)9-16(2)10-13-7-8-14(19-13)15(17)18/h3-8H,9-10H2,1-2H3,(H,17,18). The Morgan fingerprint density at radius 1 is 1.16 bits per heavy atom. The first-order chi connectivity index (χ1) is 9.04. The predicted molar refractivity (Wildman–Crippen MR) is 77.6 cm³/mol. The molecule has 0 spiro atoms. The molecule has 0 saturated heterocycles. The van der Waals surface area contributed by atoms with E-state index in [-0.39, 0.29) is 0 Å². The van der Waals surface area contributed by atoms with Crippen molar-refractivity contribution in [2.45, 2.75) is 20.0 Å². The van der Waals surface area contributed by atoms with Crippen molar-refractivity contribution in [2.24, 2.45) is 0 Å². The van der Waals surface area contributed by atoms with Crippen LogP contribution >= 0.6 is 11.3 Å². The lowest BCUT2D eigenvalue weighted by molar-refractivity contribution is 0.0702. The summed E-state index contributed by atoms with van der Waals surface area (Å²) in [6.07, 6.45) is 0. The van der Waals surface area contributed by atoms with Gasteiger partial charge in [-0.1, -0.05) is 29.8 Å². The van der Waals surface area contributed by atoms with Gasteiger partial charge < -0.3 is 5.11 Å². The van der Waals surface area contributed by atoms with Crippen molar-refractivity contribution in [1.82, 2.24) is 4.90 Å².